The van der Waals surface area contributed by atoms with Crippen molar-refractivity contribution in [2.75, 3.05) is 0 Å². The number of hydrogen-bond donors (Lipinski definition) is 0. The summed E-state index contributed by atoms with van der Waals surface area (Å²) in [5, 5.41) is 0. The maximum absolute atomic E-state index is 5.02. The topological polar surface area (TPSA) is 38.7 Å². The third-order valence-electron chi connectivity index (χ3n) is 5.71. The average Bonchev–Trinajstić information content (AvgIpc) is 2.83. The van der Waals surface area contributed by atoms with Gasteiger partial charge < -0.3 is 0 Å². The van der Waals surface area contributed by atoms with Crippen LogP contribution in [-0.2, 0) is 5.41 Å². The fraction of sp³-hybridized carbons (Fsp3) is 0.138. The molecule has 0 aliphatic heterocycles. The van der Waals surface area contributed by atoms with Gasteiger partial charge in [-0.1, -0.05) is 87.5 Å². The quantitative estimate of drug-likeness (QED) is 0.310. The molecule has 5 rings (SSSR count). The van der Waals surface area contributed by atoms with Crippen LogP contribution in [0.2, 0.25) is 0 Å². The number of pyridine rings is 1. The number of para-hydroxylation sites is 2. The number of nitrogens with zero attached hydrogens (tertiary/aromatic N) is 3. The number of benzene rings is 3. The van der Waals surface area contributed by atoms with Gasteiger partial charge in [0.1, 0.15) is 0 Å². The number of aromatic nitrogens is 3. The standard InChI is InChI=1S/C29H25N3/c1-29(2,3)23-17-15-22(16-18-23)28-27(31-25-9-4-5-10-26(25)32-28)21-13-11-20(12-14-21)24-8-6-7-19-30-24/h4-19H,1-3H3. The van der Waals surface area contributed by atoms with Crippen molar-refractivity contribution in [3.8, 4) is 33.8 Å². The van der Waals surface area contributed by atoms with Crippen LogP contribution in [0.4, 0.5) is 0 Å². The Hall–Kier alpha value is -3.85. The zero-order valence-corrected chi connectivity index (χ0v) is 18.6. The van der Waals surface area contributed by atoms with E-state index in [1.165, 1.54) is 5.56 Å². The molecule has 2 heterocycles. The van der Waals surface area contributed by atoms with E-state index in [2.05, 4.69) is 74.3 Å². The zero-order chi connectivity index (χ0) is 22.1. The highest BCUT2D eigenvalue weighted by molar-refractivity contribution is 5.86. The lowest BCUT2D eigenvalue weighted by molar-refractivity contribution is 0.590. The third-order valence-corrected chi connectivity index (χ3v) is 5.71. The van der Waals surface area contributed by atoms with Gasteiger partial charge in [-0.2, -0.15) is 0 Å². The van der Waals surface area contributed by atoms with Gasteiger partial charge >= 0.3 is 0 Å². The lowest BCUT2D eigenvalue weighted by Crippen LogP contribution is -2.10. The minimum atomic E-state index is 0.109. The molecule has 0 radical (unpaired) electrons. The SMILES string of the molecule is CC(C)(C)c1ccc(-c2nc3ccccc3nc2-c2ccc(-c3ccccn3)cc2)cc1. The van der Waals surface area contributed by atoms with Crippen molar-refractivity contribution in [2.45, 2.75) is 26.2 Å². The van der Waals surface area contributed by atoms with Crippen LogP contribution in [0.25, 0.3) is 44.8 Å². The van der Waals surface area contributed by atoms with Crippen molar-refractivity contribution in [3.63, 3.8) is 0 Å². The first-order valence-electron chi connectivity index (χ1n) is 10.9. The molecule has 5 aromatic rings. The van der Waals surface area contributed by atoms with Crippen LogP contribution in [0.15, 0.2) is 97.2 Å². The molecule has 3 aromatic carbocycles. The molecule has 156 valence electrons. The van der Waals surface area contributed by atoms with E-state index in [4.69, 9.17) is 9.97 Å². The van der Waals surface area contributed by atoms with Gasteiger partial charge in [0.05, 0.1) is 28.1 Å². The fourth-order valence-corrected chi connectivity index (χ4v) is 3.86. The third kappa shape index (κ3) is 3.90. The van der Waals surface area contributed by atoms with Crippen molar-refractivity contribution in [1.29, 1.82) is 0 Å². The molecular formula is C29H25N3. The molecule has 0 aliphatic rings. The van der Waals surface area contributed by atoms with Gasteiger partial charge in [0.25, 0.3) is 0 Å². The Balaban J connectivity index is 1.63. The van der Waals surface area contributed by atoms with Crippen LogP contribution in [0, 0.1) is 0 Å². The molecule has 0 aliphatic carbocycles. The van der Waals surface area contributed by atoms with Crippen LogP contribution in [0.1, 0.15) is 26.3 Å². The second-order valence-corrected chi connectivity index (χ2v) is 9.03. The van der Waals surface area contributed by atoms with Crippen LogP contribution >= 0.6 is 0 Å². The lowest BCUT2D eigenvalue weighted by Gasteiger charge is -2.19. The van der Waals surface area contributed by atoms with Crippen molar-refractivity contribution >= 4 is 11.0 Å². The van der Waals surface area contributed by atoms with Crippen molar-refractivity contribution in [1.82, 2.24) is 15.0 Å². The monoisotopic (exact) mass is 415 g/mol. The van der Waals surface area contributed by atoms with Gasteiger partial charge in [0, 0.05) is 22.9 Å². The van der Waals surface area contributed by atoms with E-state index in [1.54, 1.807) is 0 Å². The van der Waals surface area contributed by atoms with Crippen LogP contribution in [-0.4, -0.2) is 15.0 Å². The molecule has 32 heavy (non-hydrogen) atoms. The van der Waals surface area contributed by atoms with Crippen LogP contribution < -0.4 is 0 Å². The van der Waals surface area contributed by atoms with Gasteiger partial charge in [0.15, 0.2) is 0 Å². The summed E-state index contributed by atoms with van der Waals surface area (Å²) < 4.78 is 0. The highest BCUT2D eigenvalue weighted by Crippen LogP contribution is 2.33. The van der Waals surface area contributed by atoms with E-state index in [9.17, 15) is 0 Å². The van der Waals surface area contributed by atoms with E-state index < -0.39 is 0 Å². The molecule has 0 saturated heterocycles. The summed E-state index contributed by atoms with van der Waals surface area (Å²) >= 11 is 0. The molecule has 0 saturated carbocycles. The number of rotatable bonds is 3. The first kappa shape index (κ1) is 20.1. The van der Waals surface area contributed by atoms with E-state index in [0.717, 1.165) is 44.8 Å². The molecule has 0 fully saturated rings. The van der Waals surface area contributed by atoms with E-state index in [0.29, 0.717) is 0 Å². The van der Waals surface area contributed by atoms with E-state index in [-0.39, 0.29) is 5.41 Å². The Morgan fingerprint density at radius 2 is 1.03 bits per heavy atom. The molecule has 2 aromatic heterocycles. The molecule has 0 amide bonds. The largest absolute Gasteiger partial charge is 0.256 e. The predicted octanol–water partition coefficient (Wildman–Crippen LogP) is 7.32. The molecular weight excluding hydrogens is 390 g/mol. The molecule has 3 heteroatoms. The van der Waals surface area contributed by atoms with Crippen molar-refractivity contribution in [3.05, 3.63) is 103 Å². The summed E-state index contributed by atoms with van der Waals surface area (Å²) in [6.45, 7) is 6.69. The molecule has 0 bridgehead atoms. The van der Waals surface area contributed by atoms with Gasteiger partial charge in [0.2, 0.25) is 0 Å². The van der Waals surface area contributed by atoms with E-state index >= 15 is 0 Å². The van der Waals surface area contributed by atoms with Gasteiger partial charge in [-0.25, -0.2) is 9.97 Å². The second kappa shape index (κ2) is 8.01. The van der Waals surface area contributed by atoms with Gasteiger partial charge in [-0.05, 0) is 35.2 Å². The van der Waals surface area contributed by atoms with Crippen molar-refractivity contribution in [2.24, 2.45) is 0 Å². The molecule has 0 atom stereocenters. The predicted molar refractivity (Wildman–Crippen MR) is 132 cm³/mol. The maximum atomic E-state index is 5.02. The molecule has 3 nitrogen and oxygen atoms in total. The normalized spacial score (nSPS) is 11.6. The molecule has 0 unspecified atom stereocenters. The molecule has 0 N–H and O–H groups in total. The summed E-state index contributed by atoms with van der Waals surface area (Å²) in [6, 6.07) is 31.1. The smallest absolute Gasteiger partial charge is 0.0973 e. The number of fused-ring (bicyclic) bond motifs is 1. The second-order valence-electron chi connectivity index (χ2n) is 9.03. The minimum absolute atomic E-state index is 0.109. The summed E-state index contributed by atoms with van der Waals surface area (Å²) in [5.74, 6) is 0. The van der Waals surface area contributed by atoms with Crippen LogP contribution in [0.3, 0.4) is 0 Å². The lowest BCUT2D eigenvalue weighted by atomic mass is 9.86. The maximum Gasteiger partial charge on any atom is 0.0973 e. The summed E-state index contributed by atoms with van der Waals surface area (Å²) in [4.78, 5) is 14.5. The van der Waals surface area contributed by atoms with Crippen molar-refractivity contribution < 1.29 is 0 Å². The fourth-order valence-electron chi connectivity index (χ4n) is 3.86. The first-order chi connectivity index (χ1) is 15.5. The molecule has 0 spiro atoms. The summed E-state index contributed by atoms with van der Waals surface area (Å²) in [7, 11) is 0. The Bertz CT molecular complexity index is 1360. The Morgan fingerprint density at radius 3 is 1.53 bits per heavy atom. The Morgan fingerprint density at radius 1 is 0.531 bits per heavy atom. The van der Waals surface area contributed by atoms with Gasteiger partial charge in [-0.15, -0.1) is 0 Å². The first-order valence-corrected chi connectivity index (χ1v) is 10.9. The summed E-state index contributed by atoms with van der Waals surface area (Å²) in [5.41, 5.74) is 9.14. The highest BCUT2D eigenvalue weighted by Gasteiger charge is 2.16. The summed E-state index contributed by atoms with van der Waals surface area (Å²) in [6.07, 6.45) is 1.82. The minimum Gasteiger partial charge on any atom is -0.256 e. The van der Waals surface area contributed by atoms with E-state index in [1.807, 2.05) is 48.7 Å². The Labute approximate surface area is 188 Å². The highest BCUT2D eigenvalue weighted by atomic mass is 14.8. The zero-order valence-electron chi connectivity index (χ0n) is 18.6. The Kier molecular flexibility index (Phi) is 5.02. The van der Waals surface area contributed by atoms with Crippen LogP contribution in [0.5, 0.6) is 0 Å². The van der Waals surface area contributed by atoms with Gasteiger partial charge in [-0.3, -0.25) is 4.98 Å². The number of hydrogen-bond acceptors (Lipinski definition) is 3. The average molecular weight is 416 g/mol.